The summed E-state index contributed by atoms with van der Waals surface area (Å²) in [7, 11) is 0. The number of hydrogen-bond acceptors (Lipinski definition) is 7. The summed E-state index contributed by atoms with van der Waals surface area (Å²) >= 11 is 6.34. The number of nitrogens with zero attached hydrogens (tertiary/aromatic N) is 6. The third-order valence-corrected chi connectivity index (χ3v) is 10.3. The molecule has 3 aliphatic heterocycles. The highest BCUT2D eigenvalue weighted by Gasteiger charge is 2.44. The van der Waals surface area contributed by atoms with Crippen LogP contribution in [0.2, 0.25) is 5.02 Å². The van der Waals surface area contributed by atoms with E-state index in [0.29, 0.717) is 27.9 Å². The van der Waals surface area contributed by atoms with Crippen LogP contribution in [0.1, 0.15) is 76.7 Å². The molecule has 4 fully saturated rings. The van der Waals surface area contributed by atoms with Gasteiger partial charge in [-0.15, -0.1) is 10.2 Å². The minimum Gasteiger partial charge on any atom is -0.473 e. The molecule has 4 heterocycles. The predicted octanol–water partition coefficient (Wildman–Crippen LogP) is 6.31. The highest BCUT2D eigenvalue weighted by molar-refractivity contribution is 6.32. The molecule has 0 amide bonds. The van der Waals surface area contributed by atoms with Gasteiger partial charge in [-0.05, 0) is 87.5 Å². The number of likely N-dealkylation sites (tertiary alicyclic amines) is 1. The third-order valence-electron chi connectivity index (χ3n) is 10.0. The first-order valence-electron chi connectivity index (χ1n) is 15.4. The Kier molecular flexibility index (Phi) is 8.37. The van der Waals surface area contributed by atoms with Crippen LogP contribution in [-0.2, 0) is 0 Å². The summed E-state index contributed by atoms with van der Waals surface area (Å²) in [5, 5.41) is 18.8. The van der Waals surface area contributed by atoms with E-state index in [-0.39, 0.29) is 6.10 Å². The Hall–Kier alpha value is -2.56. The lowest BCUT2D eigenvalue weighted by molar-refractivity contribution is 0.0827. The van der Waals surface area contributed by atoms with Crippen molar-refractivity contribution in [3.63, 3.8) is 0 Å². The van der Waals surface area contributed by atoms with Crippen molar-refractivity contribution in [1.82, 2.24) is 15.1 Å². The van der Waals surface area contributed by atoms with E-state index in [1.807, 2.05) is 24.3 Å². The largest absolute Gasteiger partial charge is 0.473 e. The lowest BCUT2D eigenvalue weighted by Crippen LogP contribution is -2.42. The molecular weight excluding hydrogens is 520 g/mol. The van der Waals surface area contributed by atoms with Crippen molar-refractivity contribution in [3.05, 3.63) is 40.9 Å². The van der Waals surface area contributed by atoms with E-state index in [1.165, 1.54) is 45.1 Å². The zero-order valence-corrected chi connectivity index (χ0v) is 24.7. The lowest BCUT2D eigenvalue weighted by Gasteiger charge is -2.39. The van der Waals surface area contributed by atoms with Gasteiger partial charge in [0.25, 0.3) is 0 Å². The van der Waals surface area contributed by atoms with Crippen LogP contribution in [0.15, 0.2) is 30.3 Å². The summed E-state index contributed by atoms with van der Waals surface area (Å²) in [6.07, 6.45) is 13.0. The van der Waals surface area contributed by atoms with E-state index in [1.54, 1.807) is 0 Å². The maximum atomic E-state index is 9.22. The van der Waals surface area contributed by atoms with Gasteiger partial charge in [0.1, 0.15) is 12.2 Å². The first kappa shape index (κ1) is 27.6. The minimum absolute atomic E-state index is 0.246. The Morgan fingerprint density at radius 1 is 1.00 bits per heavy atom. The summed E-state index contributed by atoms with van der Waals surface area (Å²) < 4.78 is 6.25. The molecule has 8 heteroatoms. The Morgan fingerprint density at radius 2 is 1.77 bits per heavy atom. The van der Waals surface area contributed by atoms with Crippen molar-refractivity contribution in [3.8, 4) is 11.9 Å². The van der Waals surface area contributed by atoms with Gasteiger partial charge in [-0.25, -0.2) is 0 Å². The van der Waals surface area contributed by atoms with Gasteiger partial charge in [-0.2, -0.15) is 5.26 Å². The third kappa shape index (κ3) is 6.19. The first-order valence-corrected chi connectivity index (χ1v) is 15.8. The standard InChI is InChI=1S/C32H43ClN6O/c1-24-20-32(23-39(24)27-8-7-26(21-34)29(33)19-27)13-17-38(18-14-32)30-9-10-31(36-35-30)40-28-11-15-37(16-12-28)22-25-5-3-2-4-6-25/h7-10,19,24-25,28H,2-6,11-18,20,22-23H2,1H3/t24-/m0/s1. The topological polar surface area (TPSA) is 68.5 Å². The second kappa shape index (κ2) is 12.1. The number of rotatable bonds is 6. The van der Waals surface area contributed by atoms with Crippen molar-refractivity contribution >= 4 is 23.1 Å². The van der Waals surface area contributed by atoms with Crippen LogP contribution in [0.25, 0.3) is 0 Å². The average Bonchev–Trinajstić information content (AvgIpc) is 3.30. The average molecular weight is 563 g/mol. The van der Waals surface area contributed by atoms with Crippen molar-refractivity contribution in [2.24, 2.45) is 11.3 Å². The fraction of sp³-hybridized carbons (Fsp3) is 0.656. The fourth-order valence-electron chi connectivity index (χ4n) is 7.67. The van der Waals surface area contributed by atoms with Crippen LogP contribution < -0.4 is 14.5 Å². The Bertz CT molecular complexity index is 1180. The molecule has 2 aromatic rings. The zero-order chi connectivity index (χ0) is 27.5. The van der Waals surface area contributed by atoms with Crippen LogP contribution in [-0.4, -0.2) is 66.5 Å². The van der Waals surface area contributed by atoms with Gasteiger partial charge in [0.15, 0.2) is 5.82 Å². The van der Waals surface area contributed by atoms with Crippen molar-refractivity contribution in [2.75, 3.05) is 49.1 Å². The van der Waals surface area contributed by atoms with Crippen LogP contribution >= 0.6 is 11.6 Å². The molecule has 0 radical (unpaired) electrons. The van der Waals surface area contributed by atoms with E-state index < -0.39 is 0 Å². The molecule has 4 aliphatic rings. The van der Waals surface area contributed by atoms with Crippen molar-refractivity contribution in [1.29, 1.82) is 5.26 Å². The van der Waals surface area contributed by atoms with Gasteiger partial charge in [0.05, 0.1) is 10.6 Å². The highest BCUT2D eigenvalue weighted by Crippen LogP contribution is 2.45. The number of anilines is 2. The normalized spacial score (nSPS) is 24.4. The Labute approximate surface area is 244 Å². The van der Waals surface area contributed by atoms with Gasteiger partial charge in [-0.3, -0.25) is 0 Å². The van der Waals surface area contributed by atoms with E-state index in [0.717, 1.165) is 75.8 Å². The zero-order valence-electron chi connectivity index (χ0n) is 23.9. The van der Waals surface area contributed by atoms with Crippen LogP contribution in [0.4, 0.5) is 11.5 Å². The summed E-state index contributed by atoms with van der Waals surface area (Å²) in [4.78, 5) is 7.49. The Balaban J connectivity index is 0.974. The summed E-state index contributed by atoms with van der Waals surface area (Å²) in [6.45, 7) is 8.86. The molecule has 0 unspecified atom stereocenters. The molecule has 0 N–H and O–H groups in total. The number of piperidine rings is 2. The summed E-state index contributed by atoms with van der Waals surface area (Å²) in [6, 6.07) is 12.5. The maximum Gasteiger partial charge on any atom is 0.233 e. The molecule has 1 aromatic heterocycles. The van der Waals surface area contributed by atoms with E-state index in [4.69, 9.17) is 16.3 Å². The quantitative estimate of drug-likeness (QED) is 0.408. The smallest absolute Gasteiger partial charge is 0.233 e. The number of ether oxygens (including phenoxy) is 1. The molecule has 0 bridgehead atoms. The molecule has 1 aliphatic carbocycles. The second-order valence-corrected chi connectivity index (χ2v) is 13.2. The molecular formula is C32H43ClN6O. The maximum absolute atomic E-state index is 9.22. The molecule has 214 valence electrons. The van der Waals surface area contributed by atoms with Gasteiger partial charge < -0.3 is 19.4 Å². The number of halogens is 1. The lowest BCUT2D eigenvalue weighted by atomic mass is 9.77. The number of nitriles is 1. The predicted molar refractivity (Wildman–Crippen MR) is 160 cm³/mol. The van der Waals surface area contributed by atoms with E-state index in [2.05, 4.69) is 44.0 Å². The molecule has 7 nitrogen and oxygen atoms in total. The molecule has 3 saturated heterocycles. The van der Waals surface area contributed by atoms with Crippen LogP contribution in [0, 0.1) is 22.7 Å². The first-order chi connectivity index (χ1) is 19.5. The van der Waals surface area contributed by atoms with Crippen LogP contribution in [0.3, 0.4) is 0 Å². The van der Waals surface area contributed by atoms with Gasteiger partial charge >= 0.3 is 0 Å². The van der Waals surface area contributed by atoms with E-state index >= 15 is 0 Å². The van der Waals surface area contributed by atoms with Gasteiger partial charge in [0.2, 0.25) is 5.88 Å². The molecule has 1 aromatic carbocycles. The minimum atomic E-state index is 0.246. The highest BCUT2D eigenvalue weighted by atomic mass is 35.5. The SMILES string of the molecule is C[C@H]1CC2(CCN(c3ccc(OC4CCN(CC5CCCCC5)CC4)nn3)CC2)CN1c1ccc(C#N)c(Cl)c1. The van der Waals surface area contributed by atoms with Gasteiger partial charge in [0, 0.05) is 57.1 Å². The fourth-order valence-corrected chi connectivity index (χ4v) is 7.89. The van der Waals surface area contributed by atoms with E-state index in [9.17, 15) is 5.26 Å². The number of hydrogen-bond donors (Lipinski definition) is 0. The summed E-state index contributed by atoms with van der Waals surface area (Å²) in [5.41, 5.74) is 1.96. The molecule has 1 saturated carbocycles. The Morgan fingerprint density at radius 3 is 2.45 bits per heavy atom. The summed E-state index contributed by atoms with van der Waals surface area (Å²) in [5.74, 6) is 2.52. The number of benzene rings is 1. The molecule has 40 heavy (non-hydrogen) atoms. The molecule has 6 rings (SSSR count). The monoisotopic (exact) mass is 562 g/mol. The van der Waals surface area contributed by atoms with Crippen molar-refractivity contribution < 1.29 is 4.74 Å². The molecule has 1 spiro atoms. The van der Waals surface area contributed by atoms with Crippen LogP contribution in [0.5, 0.6) is 5.88 Å². The second-order valence-electron chi connectivity index (χ2n) is 12.8. The number of aromatic nitrogens is 2. The van der Waals surface area contributed by atoms with Crippen molar-refractivity contribution in [2.45, 2.75) is 83.3 Å². The van der Waals surface area contributed by atoms with Gasteiger partial charge in [-0.1, -0.05) is 30.9 Å². The molecule has 1 atom stereocenters.